The van der Waals surface area contributed by atoms with Crippen LogP contribution in [0.4, 0.5) is 0 Å². The van der Waals surface area contributed by atoms with E-state index in [4.69, 9.17) is 5.11 Å². The van der Waals surface area contributed by atoms with Gasteiger partial charge in [-0.1, -0.05) is 24.0 Å². The monoisotopic (exact) mass is 202 g/mol. The number of hydrogen-bond acceptors (Lipinski definition) is 2. The molecular formula is C13H14O2. The lowest BCUT2D eigenvalue weighted by Crippen LogP contribution is -1.90. The lowest BCUT2D eigenvalue weighted by Gasteiger charge is -1.94. The van der Waals surface area contributed by atoms with E-state index >= 15 is 0 Å². The van der Waals surface area contributed by atoms with Gasteiger partial charge in [0.15, 0.2) is 5.78 Å². The van der Waals surface area contributed by atoms with E-state index in [1.165, 1.54) is 0 Å². The zero-order valence-corrected chi connectivity index (χ0v) is 8.79. The van der Waals surface area contributed by atoms with E-state index in [-0.39, 0.29) is 12.4 Å². The summed E-state index contributed by atoms with van der Waals surface area (Å²) in [7, 11) is 0. The van der Waals surface area contributed by atoms with Crippen LogP contribution in [-0.4, -0.2) is 17.5 Å². The molecule has 1 rings (SSSR count). The maximum Gasteiger partial charge on any atom is 0.159 e. The number of carbonyl (C=O) groups is 1. The average molecular weight is 202 g/mol. The highest BCUT2D eigenvalue weighted by Gasteiger charge is 1.96. The van der Waals surface area contributed by atoms with Gasteiger partial charge >= 0.3 is 0 Å². The molecule has 1 N–H and O–H groups in total. The predicted octanol–water partition coefficient (Wildman–Crippen LogP) is 2.01. The molecule has 1 aromatic carbocycles. The van der Waals surface area contributed by atoms with Gasteiger partial charge in [-0.05, 0) is 25.5 Å². The normalized spacial score (nSPS) is 9.20. The summed E-state index contributed by atoms with van der Waals surface area (Å²) in [5, 5.41) is 8.56. The smallest absolute Gasteiger partial charge is 0.159 e. The number of rotatable bonds is 3. The number of carbonyl (C=O) groups excluding carboxylic acids is 1. The molecule has 78 valence electrons. The minimum absolute atomic E-state index is 0.0646. The number of aliphatic hydroxyl groups is 1. The zero-order chi connectivity index (χ0) is 11.1. The Morgan fingerprint density at radius 2 is 2.00 bits per heavy atom. The number of benzene rings is 1. The predicted molar refractivity (Wildman–Crippen MR) is 59.6 cm³/mol. The van der Waals surface area contributed by atoms with Gasteiger partial charge in [0.05, 0.1) is 0 Å². The van der Waals surface area contributed by atoms with Crippen LogP contribution in [0, 0.1) is 11.8 Å². The van der Waals surface area contributed by atoms with Crippen LogP contribution in [-0.2, 0) is 0 Å². The number of ketones is 1. The molecule has 0 saturated carbocycles. The van der Waals surface area contributed by atoms with E-state index in [9.17, 15) is 4.79 Å². The summed E-state index contributed by atoms with van der Waals surface area (Å²) in [5.74, 6) is 5.99. The van der Waals surface area contributed by atoms with Crippen molar-refractivity contribution in [3.05, 3.63) is 35.4 Å². The summed E-state index contributed by atoms with van der Waals surface area (Å²) in [5.41, 5.74) is 1.61. The van der Waals surface area contributed by atoms with E-state index in [1.807, 2.05) is 12.1 Å². The van der Waals surface area contributed by atoms with Crippen molar-refractivity contribution in [3.63, 3.8) is 0 Å². The second kappa shape index (κ2) is 6.00. The molecule has 1 aromatic rings. The quantitative estimate of drug-likeness (QED) is 0.462. The number of hydrogen-bond donors (Lipinski definition) is 1. The molecule has 0 aliphatic carbocycles. The fourth-order valence-corrected chi connectivity index (χ4v) is 1.12. The van der Waals surface area contributed by atoms with Gasteiger partial charge in [-0.25, -0.2) is 0 Å². The maximum absolute atomic E-state index is 11.0. The van der Waals surface area contributed by atoms with Crippen molar-refractivity contribution in [2.24, 2.45) is 0 Å². The third-order valence-corrected chi connectivity index (χ3v) is 1.98. The first-order chi connectivity index (χ1) is 7.24. The minimum Gasteiger partial charge on any atom is -0.396 e. The highest BCUT2D eigenvalue weighted by atomic mass is 16.2. The molecule has 2 nitrogen and oxygen atoms in total. The Kier molecular flexibility index (Phi) is 4.59. The van der Waals surface area contributed by atoms with E-state index < -0.39 is 0 Å². The van der Waals surface area contributed by atoms with Crippen LogP contribution in [0.25, 0.3) is 0 Å². The van der Waals surface area contributed by atoms with Crippen molar-refractivity contribution in [1.29, 1.82) is 0 Å². The lowest BCUT2D eigenvalue weighted by molar-refractivity contribution is 0.101. The molecule has 0 spiro atoms. The van der Waals surface area contributed by atoms with Gasteiger partial charge in [-0.2, -0.15) is 0 Å². The van der Waals surface area contributed by atoms with Gasteiger partial charge < -0.3 is 5.11 Å². The Balaban J connectivity index is 2.63. The standard InChI is InChI=1S/C13H14O2/c1-11(15)13-8-6-12(7-9-13)5-3-2-4-10-14/h6-9,14H,2,4,10H2,1H3. The summed E-state index contributed by atoms with van der Waals surface area (Å²) in [6.07, 6.45) is 1.41. The lowest BCUT2D eigenvalue weighted by atomic mass is 10.1. The fraction of sp³-hybridized carbons (Fsp3) is 0.308. The Morgan fingerprint density at radius 3 is 2.53 bits per heavy atom. The van der Waals surface area contributed by atoms with Crippen molar-refractivity contribution in [2.45, 2.75) is 19.8 Å². The van der Waals surface area contributed by atoms with Crippen molar-refractivity contribution in [3.8, 4) is 11.8 Å². The Hall–Kier alpha value is -1.59. The molecule has 0 aliphatic rings. The summed E-state index contributed by atoms with van der Waals surface area (Å²) >= 11 is 0. The van der Waals surface area contributed by atoms with E-state index in [0.717, 1.165) is 5.56 Å². The molecule has 0 saturated heterocycles. The molecule has 0 heterocycles. The second-order valence-corrected chi connectivity index (χ2v) is 3.26. The summed E-state index contributed by atoms with van der Waals surface area (Å²) in [6, 6.07) is 7.22. The van der Waals surface area contributed by atoms with E-state index in [1.54, 1.807) is 19.1 Å². The third-order valence-electron chi connectivity index (χ3n) is 1.98. The van der Waals surface area contributed by atoms with Crippen molar-refractivity contribution < 1.29 is 9.90 Å². The SMILES string of the molecule is CC(=O)c1ccc(C#CCCCO)cc1. The summed E-state index contributed by atoms with van der Waals surface area (Å²) in [4.78, 5) is 11.0. The van der Waals surface area contributed by atoms with Crippen LogP contribution in [0.15, 0.2) is 24.3 Å². The van der Waals surface area contributed by atoms with Gasteiger partial charge in [0, 0.05) is 24.2 Å². The molecule has 0 amide bonds. The van der Waals surface area contributed by atoms with E-state index in [2.05, 4.69) is 11.8 Å². The zero-order valence-electron chi connectivity index (χ0n) is 8.79. The first kappa shape index (κ1) is 11.5. The molecule has 0 aromatic heterocycles. The highest BCUT2D eigenvalue weighted by Crippen LogP contribution is 2.03. The molecular weight excluding hydrogens is 188 g/mol. The third kappa shape index (κ3) is 3.97. The number of unbranched alkanes of at least 4 members (excludes halogenated alkanes) is 1. The summed E-state index contributed by atoms with van der Waals surface area (Å²) in [6.45, 7) is 1.72. The van der Waals surface area contributed by atoms with Crippen LogP contribution in [0.1, 0.15) is 35.7 Å². The van der Waals surface area contributed by atoms with Crippen LogP contribution in [0.3, 0.4) is 0 Å². The molecule has 0 radical (unpaired) electrons. The second-order valence-electron chi connectivity index (χ2n) is 3.26. The maximum atomic E-state index is 11.0. The molecule has 0 aliphatic heterocycles. The highest BCUT2D eigenvalue weighted by molar-refractivity contribution is 5.94. The van der Waals surface area contributed by atoms with E-state index in [0.29, 0.717) is 18.4 Å². The van der Waals surface area contributed by atoms with Gasteiger partial charge in [-0.15, -0.1) is 0 Å². The van der Waals surface area contributed by atoms with Gasteiger partial charge in [0.1, 0.15) is 0 Å². The van der Waals surface area contributed by atoms with Crippen LogP contribution >= 0.6 is 0 Å². The molecule has 0 unspecified atom stereocenters. The largest absolute Gasteiger partial charge is 0.396 e. The van der Waals surface area contributed by atoms with Crippen LogP contribution in [0.2, 0.25) is 0 Å². The van der Waals surface area contributed by atoms with Crippen molar-refractivity contribution >= 4 is 5.78 Å². The fourth-order valence-electron chi connectivity index (χ4n) is 1.12. The minimum atomic E-state index is 0.0646. The average Bonchev–Trinajstić information content (AvgIpc) is 2.25. The first-order valence-corrected chi connectivity index (χ1v) is 4.95. The number of Topliss-reactive ketones (excluding diaryl/α,β-unsaturated/α-hetero) is 1. The topological polar surface area (TPSA) is 37.3 Å². The van der Waals surface area contributed by atoms with Gasteiger partial charge in [-0.3, -0.25) is 4.79 Å². The molecule has 0 atom stereocenters. The van der Waals surface area contributed by atoms with Crippen LogP contribution < -0.4 is 0 Å². The van der Waals surface area contributed by atoms with Gasteiger partial charge in [0.2, 0.25) is 0 Å². The van der Waals surface area contributed by atoms with Gasteiger partial charge in [0.25, 0.3) is 0 Å². The summed E-state index contributed by atoms with van der Waals surface area (Å²) < 4.78 is 0. The van der Waals surface area contributed by atoms with Crippen molar-refractivity contribution in [1.82, 2.24) is 0 Å². The molecule has 15 heavy (non-hydrogen) atoms. The molecule has 2 heteroatoms. The van der Waals surface area contributed by atoms with Crippen LogP contribution in [0.5, 0.6) is 0 Å². The Labute approximate surface area is 89.9 Å². The van der Waals surface area contributed by atoms with Crippen molar-refractivity contribution in [2.75, 3.05) is 6.61 Å². The molecule has 0 fully saturated rings. The molecule has 0 bridgehead atoms. The Bertz CT molecular complexity index is 379. The number of aliphatic hydroxyl groups excluding tert-OH is 1. The first-order valence-electron chi connectivity index (χ1n) is 4.95. The Morgan fingerprint density at radius 1 is 1.33 bits per heavy atom.